The van der Waals surface area contributed by atoms with Crippen LogP contribution in [0.3, 0.4) is 0 Å². The van der Waals surface area contributed by atoms with Crippen molar-refractivity contribution in [3.8, 4) is 5.75 Å². The minimum atomic E-state index is -2.49. The lowest BCUT2D eigenvalue weighted by Gasteiger charge is -2.49. The molecule has 184 valence electrons. The summed E-state index contributed by atoms with van der Waals surface area (Å²) in [7, 11) is 0. The maximum absolute atomic E-state index is 13.4. The van der Waals surface area contributed by atoms with Crippen LogP contribution in [0.1, 0.15) is 42.6 Å². The first-order valence-corrected chi connectivity index (χ1v) is 11.5. The van der Waals surface area contributed by atoms with E-state index in [9.17, 15) is 15.0 Å². The predicted molar refractivity (Wildman–Crippen MR) is 125 cm³/mol. The molecule has 12 heteroatoms. The molecule has 1 saturated heterocycles. The first-order chi connectivity index (χ1) is 16.0. The Labute approximate surface area is 197 Å². The number of benzene rings is 1. The third kappa shape index (κ3) is 2.98. The second-order valence-electron chi connectivity index (χ2n) is 10.0. The van der Waals surface area contributed by atoms with Gasteiger partial charge in [-0.25, -0.2) is 9.98 Å². The van der Waals surface area contributed by atoms with Crippen molar-refractivity contribution in [3.63, 3.8) is 0 Å². The largest absolute Gasteiger partial charge is 0.492 e. The summed E-state index contributed by atoms with van der Waals surface area (Å²) in [5.74, 6) is -2.33. The molecule has 1 spiro atoms. The Balaban J connectivity index is 1.48. The van der Waals surface area contributed by atoms with Crippen molar-refractivity contribution in [2.75, 3.05) is 19.7 Å². The quantitative estimate of drug-likeness (QED) is 0.239. The summed E-state index contributed by atoms with van der Waals surface area (Å²) in [6, 6.07) is 3.03. The van der Waals surface area contributed by atoms with Crippen LogP contribution in [0.25, 0.3) is 0 Å². The van der Waals surface area contributed by atoms with Gasteiger partial charge in [-0.15, -0.1) is 0 Å². The van der Waals surface area contributed by atoms with Crippen molar-refractivity contribution in [2.45, 2.75) is 61.7 Å². The van der Waals surface area contributed by atoms with E-state index in [1.807, 2.05) is 6.07 Å². The standard InChI is InChI=1S/C22H32N8O4/c1-20(2)7-9-34-15-11(4-3-5-12(15)20)17(31)27-14-10-30-19(25)26-13(6-8-23)16-21(30,22(14,32)33)29-18(24)28-16/h3-5,13-14,16,32-33H,6-10,23H2,1-2H3,(H2,25,26)(H,27,31)(H3,24,28,29)/t13-,14-,16-,21-/m0/s1. The Morgan fingerprint density at radius 1 is 1.32 bits per heavy atom. The lowest BCUT2D eigenvalue weighted by molar-refractivity contribution is -0.230. The van der Waals surface area contributed by atoms with Crippen LogP contribution < -0.4 is 32.6 Å². The van der Waals surface area contributed by atoms with Crippen molar-refractivity contribution in [3.05, 3.63) is 29.3 Å². The van der Waals surface area contributed by atoms with Crippen LogP contribution in [0.5, 0.6) is 5.75 Å². The molecular formula is C22H32N8O4. The number of amides is 1. The van der Waals surface area contributed by atoms with Crippen molar-refractivity contribution < 1.29 is 19.7 Å². The zero-order valence-electron chi connectivity index (χ0n) is 19.3. The van der Waals surface area contributed by atoms with E-state index in [1.54, 1.807) is 12.1 Å². The molecule has 0 radical (unpaired) electrons. The summed E-state index contributed by atoms with van der Waals surface area (Å²) in [6.45, 7) is 4.99. The number of hydrogen-bond donors (Lipinski definition) is 7. The highest BCUT2D eigenvalue weighted by Gasteiger charge is 2.73. The topological polar surface area (TPSA) is 197 Å². The Kier molecular flexibility index (Phi) is 4.97. The monoisotopic (exact) mass is 472 g/mol. The molecule has 4 heterocycles. The second kappa shape index (κ2) is 7.45. The normalized spacial score (nSPS) is 32.4. The predicted octanol–water partition coefficient (Wildman–Crippen LogP) is -2.13. The number of nitrogens with one attached hydrogen (secondary N) is 2. The highest BCUT2D eigenvalue weighted by atomic mass is 16.5. The molecule has 1 aromatic carbocycles. The number of carbonyl (C=O) groups excluding carboxylic acids is 1. The molecule has 0 unspecified atom stereocenters. The molecular weight excluding hydrogens is 440 g/mol. The van der Waals surface area contributed by atoms with Crippen molar-refractivity contribution >= 4 is 17.8 Å². The lowest BCUT2D eigenvalue weighted by atomic mass is 9.79. The number of carbonyl (C=O) groups is 1. The minimum Gasteiger partial charge on any atom is -0.492 e. The Morgan fingerprint density at radius 3 is 2.82 bits per heavy atom. The summed E-state index contributed by atoms with van der Waals surface area (Å²) in [6.07, 6.45) is 1.26. The van der Waals surface area contributed by atoms with Gasteiger partial charge in [-0.05, 0) is 30.9 Å². The second-order valence-corrected chi connectivity index (χ2v) is 10.0. The lowest BCUT2D eigenvalue weighted by Crippen LogP contribution is -2.77. The summed E-state index contributed by atoms with van der Waals surface area (Å²) in [5, 5.41) is 28.7. The maximum atomic E-state index is 13.4. The fourth-order valence-electron chi connectivity index (χ4n) is 5.67. The molecule has 0 bridgehead atoms. The Hall–Kier alpha value is -3.09. The first kappa shape index (κ1) is 22.7. The molecule has 4 aliphatic heterocycles. The van der Waals surface area contributed by atoms with E-state index < -0.39 is 35.5 Å². The van der Waals surface area contributed by atoms with E-state index >= 15 is 0 Å². The van der Waals surface area contributed by atoms with E-state index in [0.717, 1.165) is 12.0 Å². The number of para-hydroxylation sites is 1. The summed E-state index contributed by atoms with van der Waals surface area (Å²) in [4.78, 5) is 23.8. The Bertz CT molecular complexity index is 1090. The number of guanidine groups is 2. The van der Waals surface area contributed by atoms with E-state index in [1.165, 1.54) is 4.90 Å². The van der Waals surface area contributed by atoms with Gasteiger partial charge in [-0.1, -0.05) is 26.0 Å². The van der Waals surface area contributed by atoms with Crippen LogP contribution >= 0.6 is 0 Å². The molecule has 10 N–H and O–H groups in total. The molecule has 34 heavy (non-hydrogen) atoms. The molecule has 1 aromatic rings. The third-order valence-corrected chi connectivity index (χ3v) is 7.53. The number of aliphatic imine (C=N–C) groups is 2. The molecule has 4 atom stereocenters. The van der Waals surface area contributed by atoms with Crippen molar-refractivity contribution in [2.24, 2.45) is 27.2 Å². The smallest absolute Gasteiger partial charge is 0.255 e. The number of ether oxygens (including phenoxy) is 1. The van der Waals surface area contributed by atoms with Gasteiger partial charge in [0.2, 0.25) is 5.79 Å². The van der Waals surface area contributed by atoms with Crippen LogP contribution in [0.2, 0.25) is 0 Å². The fraction of sp³-hybridized carbons (Fsp3) is 0.591. The molecule has 0 aromatic heterocycles. The van der Waals surface area contributed by atoms with E-state index in [-0.39, 0.29) is 23.9 Å². The van der Waals surface area contributed by atoms with Crippen LogP contribution in [0, 0.1) is 0 Å². The van der Waals surface area contributed by atoms with Crippen LogP contribution in [-0.4, -0.2) is 82.2 Å². The van der Waals surface area contributed by atoms with Crippen molar-refractivity contribution in [1.82, 2.24) is 15.5 Å². The molecule has 5 rings (SSSR count). The van der Waals surface area contributed by atoms with Gasteiger partial charge in [0.15, 0.2) is 17.6 Å². The van der Waals surface area contributed by atoms with Gasteiger partial charge >= 0.3 is 0 Å². The number of nitrogens with two attached hydrogens (primary N) is 3. The molecule has 1 amide bonds. The van der Waals surface area contributed by atoms with Crippen LogP contribution in [0.4, 0.5) is 0 Å². The van der Waals surface area contributed by atoms with Crippen LogP contribution in [0.15, 0.2) is 28.2 Å². The highest BCUT2D eigenvalue weighted by Crippen LogP contribution is 2.45. The third-order valence-electron chi connectivity index (χ3n) is 7.53. The molecule has 1 fully saturated rings. The van der Waals surface area contributed by atoms with Gasteiger partial charge in [0.25, 0.3) is 5.91 Å². The van der Waals surface area contributed by atoms with Gasteiger partial charge in [0.05, 0.1) is 18.2 Å². The number of hydrogen-bond acceptors (Lipinski definition) is 11. The van der Waals surface area contributed by atoms with Gasteiger partial charge in [0.1, 0.15) is 17.8 Å². The van der Waals surface area contributed by atoms with E-state index in [0.29, 0.717) is 30.9 Å². The van der Waals surface area contributed by atoms with Gasteiger partial charge in [-0.2, -0.15) is 0 Å². The van der Waals surface area contributed by atoms with Gasteiger partial charge < -0.3 is 47.7 Å². The van der Waals surface area contributed by atoms with E-state index in [4.69, 9.17) is 21.9 Å². The molecule has 4 aliphatic rings. The number of rotatable bonds is 4. The zero-order valence-corrected chi connectivity index (χ0v) is 19.3. The average Bonchev–Trinajstić information content (AvgIpc) is 3.23. The highest BCUT2D eigenvalue weighted by molar-refractivity contribution is 5.98. The first-order valence-electron chi connectivity index (χ1n) is 11.5. The van der Waals surface area contributed by atoms with Crippen molar-refractivity contribution in [1.29, 1.82) is 0 Å². The summed E-state index contributed by atoms with van der Waals surface area (Å²) in [5.41, 5.74) is 17.5. The molecule has 0 saturated carbocycles. The fourth-order valence-corrected chi connectivity index (χ4v) is 5.67. The number of fused-ring (bicyclic) bond motifs is 1. The number of nitrogens with zero attached hydrogens (tertiary/aromatic N) is 3. The number of aliphatic hydroxyl groups is 2. The van der Waals surface area contributed by atoms with Gasteiger partial charge in [-0.3, -0.25) is 4.79 Å². The molecule has 12 nitrogen and oxygen atoms in total. The SMILES string of the molecule is CC1(C)CCOc2c(C(=O)N[C@H]3CN4C(N)=N[C@@H](CCN)[C@@H]5N=C(N)N[C@@]54C3(O)O)cccc21. The summed E-state index contributed by atoms with van der Waals surface area (Å²) >= 11 is 0. The van der Waals surface area contributed by atoms with E-state index in [2.05, 4.69) is 34.5 Å². The Morgan fingerprint density at radius 2 is 2.09 bits per heavy atom. The maximum Gasteiger partial charge on any atom is 0.255 e. The average molecular weight is 473 g/mol. The van der Waals surface area contributed by atoms with Crippen LogP contribution in [-0.2, 0) is 5.41 Å². The minimum absolute atomic E-state index is 0.0168. The molecule has 0 aliphatic carbocycles. The zero-order chi connectivity index (χ0) is 24.5. The van der Waals surface area contributed by atoms with Gasteiger partial charge in [0, 0.05) is 12.1 Å². The summed E-state index contributed by atoms with van der Waals surface area (Å²) < 4.78 is 5.87.